The molecule has 0 fully saturated rings. The molecule has 0 aliphatic rings. The molecule has 9 heteroatoms. The molecule has 0 saturated heterocycles. The molecule has 0 amide bonds. The molecule has 2 N–H and O–H groups in total. The molecule has 0 spiro atoms. The first-order valence-corrected chi connectivity index (χ1v) is 9.26. The van der Waals surface area contributed by atoms with Gasteiger partial charge in [0, 0.05) is 24.1 Å². The second-order valence-corrected chi connectivity index (χ2v) is 7.84. The fourth-order valence-corrected chi connectivity index (χ4v) is 3.94. The Hall–Kier alpha value is -0.350. The van der Waals surface area contributed by atoms with Crippen LogP contribution in [0.3, 0.4) is 0 Å². The van der Waals surface area contributed by atoms with E-state index in [2.05, 4.69) is 41.9 Å². The molecule has 0 aliphatic carbocycles. The molecular formula is C12H19Br2N3O3S. The molecule has 1 aromatic carbocycles. The lowest BCUT2D eigenvalue weighted by molar-refractivity contribution is 0.412. The van der Waals surface area contributed by atoms with Crippen molar-refractivity contribution >= 4 is 47.8 Å². The zero-order valence-corrected chi connectivity index (χ0v) is 16.1. The molecular weight excluding hydrogens is 426 g/mol. The number of nitrogens with one attached hydrogen (secondary N) is 2. The van der Waals surface area contributed by atoms with Gasteiger partial charge in [0.05, 0.1) is 17.3 Å². The fraction of sp³-hybridized carbons (Fsp3) is 0.500. The largest absolute Gasteiger partial charge is 0.495 e. The zero-order chi connectivity index (χ0) is 16.0. The van der Waals surface area contributed by atoms with Crippen molar-refractivity contribution in [2.24, 2.45) is 0 Å². The smallest absolute Gasteiger partial charge is 0.301 e. The normalized spacial score (nSPS) is 11.7. The van der Waals surface area contributed by atoms with Crippen LogP contribution in [0.1, 0.15) is 6.42 Å². The maximum absolute atomic E-state index is 12.3. The van der Waals surface area contributed by atoms with E-state index in [4.69, 9.17) is 4.74 Å². The Morgan fingerprint density at radius 2 is 1.95 bits per heavy atom. The summed E-state index contributed by atoms with van der Waals surface area (Å²) in [5, 5.41) is 2.98. The van der Waals surface area contributed by atoms with Gasteiger partial charge in [0.15, 0.2) is 0 Å². The lowest BCUT2D eigenvalue weighted by Gasteiger charge is -2.19. The third-order valence-electron chi connectivity index (χ3n) is 2.79. The molecule has 0 atom stereocenters. The Balaban J connectivity index is 2.88. The molecule has 1 rings (SSSR count). The van der Waals surface area contributed by atoms with Crippen LogP contribution in [0.4, 0.5) is 5.69 Å². The number of hydrogen-bond donors (Lipinski definition) is 2. The predicted octanol–water partition coefficient (Wildman–Crippen LogP) is 2.42. The van der Waals surface area contributed by atoms with E-state index < -0.39 is 10.2 Å². The second kappa shape index (κ2) is 8.33. The predicted molar refractivity (Wildman–Crippen MR) is 92.1 cm³/mol. The van der Waals surface area contributed by atoms with E-state index in [1.165, 1.54) is 11.4 Å². The third-order valence-corrected chi connectivity index (χ3v) is 5.55. The molecule has 1 aromatic rings. The van der Waals surface area contributed by atoms with Gasteiger partial charge < -0.3 is 10.1 Å². The zero-order valence-electron chi connectivity index (χ0n) is 12.1. The Labute approximate surface area is 142 Å². The highest BCUT2D eigenvalue weighted by Crippen LogP contribution is 2.35. The maximum atomic E-state index is 12.3. The SMILES string of the molecule is CNCCCN(C)S(=O)(=O)Nc1cc(OC)c(Br)cc1Br. The second-order valence-electron chi connectivity index (χ2n) is 4.35. The molecule has 0 saturated carbocycles. The van der Waals surface area contributed by atoms with Crippen molar-refractivity contribution in [1.82, 2.24) is 9.62 Å². The van der Waals surface area contributed by atoms with Crippen molar-refractivity contribution in [2.75, 3.05) is 39.0 Å². The summed E-state index contributed by atoms with van der Waals surface area (Å²) < 4.78 is 34.9. The van der Waals surface area contributed by atoms with Crippen molar-refractivity contribution in [3.05, 3.63) is 21.1 Å². The average Bonchev–Trinajstić information content (AvgIpc) is 2.41. The molecule has 0 aromatic heterocycles. The van der Waals surface area contributed by atoms with Crippen LogP contribution in [-0.4, -0.2) is 47.0 Å². The minimum absolute atomic E-state index is 0.426. The van der Waals surface area contributed by atoms with Crippen LogP contribution in [0.15, 0.2) is 21.1 Å². The number of nitrogens with zero attached hydrogens (tertiary/aromatic N) is 1. The number of ether oxygens (including phenoxy) is 1. The minimum Gasteiger partial charge on any atom is -0.495 e. The highest BCUT2D eigenvalue weighted by molar-refractivity contribution is 9.11. The van der Waals surface area contributed by atoms with Gasteiger partial charge in [-0.05, 0) is 57.9 Å². The molecule has 0 unspecified atom stereocenters. The van der Waals surface area contributed by atoms with Crippen molar-refractivity contribution in [1.29, 1.82) is 0 Å². The molecule has 0 aliphatic heterocycles. The van der Waals surface area contributed by atoms with Crippen LogP contribution in [0.25, 0.3) is 0 Å². The number of methoxy groups -OCH3 is 1. The van der Waals surface area contributed by atoms with Gasteiger partial charge in [-0.2, -0.15) is 12.7 Å². The van der Waals surface area contributed by atoms with Crippen LogP contribution in [0.5, 0.6) is 5.75 Å². The standard InChI is InChI=1S/C12H19Br2N3O3S/c1-15-5-4-6-17(2)21(18,19)16-11-8-12(20-3)10(14)7-9(11)13/h7-8,15-16H,4-6H2,1-3H3. The minimum atomic E-state index is -3.60. The summed E-state index contributed by atoms with van der Waals surface area (Å²) in [7, 11) is 1.30. The van der Waals surface area contributed by atoms with Crippen LogP contribution in [0.2, 0.25) is 0 Å². The van der Waals surface area contributed by atoms with Crippen molar-refractivity contribution in [3.63, 3.8) is 0 Å². The highest BCUT2D eigenvalue weighted by atomic mass is 79.9. The van der Waals surface area contributed by atoms with E-state index in [9.17, 15) is 8.42 Å². The highest BCUT2D eigenvalue weighted by Gasteiger charge is 2.19. The first-order valence-electron chi connectivity index (χ1n) is 6.23. The van der Waals surface area contributed by atoms with Gasteiger partial charge >= 0.3 is 10.2 Å². The Kier molecular flexibility index (Phi) is 7.41. The average molecular weight is 445 g/mol. The van der Waals surface area contributed by atoms with Crippen LogP contribution in [-0.2, 0) is 10.2 Å². The van der Waals surface area contributed by atoms with Gasteiger partial charge in [-0.15, -0.1) is 0 Å². The summed E-state index contributed by atoms with van der Waals surface area (Å²) in [4.78, 5) is 0. The summed E-state index contributed by atoms with van der Waals surface area (Å²) in [6.07, 6.45) is 0.735. The summed E-state index contributed by atoms with van der Waals surface area (Å²) in [6, 6.07) is 3.35. The summed E-state index contributed by atoms with van der Waals surface area (Å²) in [6.45, 7) is 1.19. The van der Waals surface area contributed by atoms with Gasteiger partial charge in [0.2, 0.25) is 0 Å². The Morgan fingerprint density at radius 1 is 1.29 bits per heavy atom. The van der Waals surface area contributed by atoms with Gasteiger partial charge in [-0.25, -0.2) is 0 Å². The van der Waals surface area contributed by atoms with E-state index in [0.29, 0.717) is 22.5 Å². The topological polar surface area (TPSA) is 70.7 Å². The quantitative estimate of drug-likeness (QED) is 0.604. The number of benzene rings is 1. The van der Waals surface area contributed by atoms with E-state index >= 15 is 0 Å². The number of rotatable bonds is 8. The third kappa shape index (κ3) is 5.41. The van der Waals surface area contributed by atoms with Crippen molar-refractivity contribution < 1.29 is 13.2 Å². The molecule has 0 bridgehead atoms. The Morgan fingerprint density at radius 3 is 2.52 bits per heavy atom. The molecule has 0 radical (unpaired) electrons. The van der Waals surface area contributed by atoms with Gasteiger partial charge in [-0.1, -0.05) is 0 Å². The van der Waals surface area contributed by atoms with Gasteiger partial charge in [-0.3, -0.25) is 4.72 Å². The van der Waals surface area contributed by atoms with Gasteiger partial charge in [0.1, 0.15) is 5.75 Å². The fourth-order valence-electron chi connectivity index (χ4n) is 1.58. The number of anilines is 1. The molecule has 6 nitrogen and oxygen atoms in total. The van der Waals surface area contributed by atoms with E-state index in [0.717, 1.165) is 17.4 Å². The monoisotopic (exact) mass is 443 g/mol. The first kappa shape index (κ1) is 18.7. The number of hydrogen-bond acceptors (Lipinski definition) is 4. The lowest BCUT2D eigenvalue weighted by Crippen LogP contribution is -2.34. The first-order chi connectivity index (χ1) is 9.81. The van der Waals surface area contributed by atoms with Gasteiger partial charge in [0.25, 0.3) is 0 Å². The Bertz CT molecular complexity index is 581. The van der Waals surface area contributed by atoms with Crippen LogP contribution < -0.4 is 14.8 Å². The van der Waals surface area contributed by atoms with Crippen molar-refractivity contribution in [2.45, 2.75) is 6.42 Å². The van der Waals surface area contributed by atoms with Crippen LogP contribution >= 0.6 is 31.9 Å². The molecule has 120 valence electrons. The number of halogens is 2. The molecule has 21 heavy (non-hydrogen) atoms. The van der Waals surface area contributed by atoms with E-state index in [-0.39, 0.29) is 0 Å². The van der Waals surface area contributed by atoms with E-state index in [1.807, 2.05) is 7.05 Å². The summed E-state index contributed by atoms with van der Waals surface area (Å²) >= 11 is 6.68. The van der Waals surface area contributed by atoms with E-state index in [1.54, 1.807) is 19.2 Å². The van der Waals surface area contributed by atoms with Crippen LogP contribution in [0, 0.1) is 0 Å². The van der Waals surface area contributed by atoms with Crippen molar-refractivity contribution in [3.8, 4) is 5.75 Å². The summed E-state index contributed by atoms with van der Waals surface area (Å²) in [5.74, 6) is 0.550. The lowest BCUT2D eigenvalue weighted by atomic mass is 10.3. The summed E-state index contributed by atoms with van der Waals surface area (Å²) in [5.41, 5.74) is 0.426. The molecule has 0 heterocycles. The maximum Gasteiger partial charge on any atom is 0.301 e.